The number of aromatic nitrogens is 2. The fraction of sp³-hybridized carbons (Fsp3) is 0.111. The summed E-state index contributed by atoms with van der Waals surface area (Å²) in [6.45, 7) is 0. The van der Waals surface area contributed by atoms with E-state index in [0.29, 0.717) is 6.42 Å². The zero-order valence-electron chi connectivity index (χ0n) is 12.3. The van der Waals surface area contributed by atoms with Gasteiger partial charge in [-0.15, -0.1) is 0 Å². The Balaban J connectivity index is 1.85. The highest BCUT2D eigenvalue weighted by molar-refractivity contribution is 9.10. The van der Waals surface area contributed by atoms with Gasteiger partial charge in [0.05, 0.1) is 11.9 Å². The summed E-state index contributed by atoms with van der Waals surface area (Å²) in [5, 5.41) is 13.1. The summed E-state index contributed by atoms with van der Waals surface area (Å²) in [6.07, 6.45) is 4.20. The van der Waals surface area contributed by atoms with Gasteiger partial charge >= 0.3 is 5.97 Å². The Morgan fingerprint density at radius 1 is 1.13 bits per heavy atom. The van der Waals surface area contributed by atoms with Crippen molar-refractivity contribution in [2.24, 2.45) is 0 Å². The number of benzene rings is 2. The van der Waals surface area contributed by atoms with Crippen molar-refractivity contribution in [3.8, 4) is 16.8 Å². The fourth-order valence-corrected chi connectivity index (χ4v) is 2.62. The van der Waals surface area contributed by atoms with Crippen molar-refractivity contribution in [3.63, 3.8) is 0 Å². The molecule has 5 heteroatoms. The first-order chi connectivity index (χ1) is 11.1. The number of halogens is 1. The van der Waals surface area contributed by atoms with Gasteiger partial charge in [-0.25, -0.2) is 4.68 Å². The van der Waals surface area contributed by atoms with E-state index in [1.807, 2.05) is 30.5 Å². The zero-order valence-corrected chi connectivity index (χ0v) is 13.9. The molecule has 23 heavy (non-hydrogen) atoms. The molecule has 0 aliphatic heterocycles. The Kier molecular flexibility index (Phi) is 4.57. The number of carbonyl (C=O) groups is 1. The van der Waals surface area contributed by atoms with Gasteiger partial charge in [0, 0.05) is 17.1 Å². The molecule has 116 valence electrons. The molecule has 4 nitrogen and oxygen atoms in total. The molecule has 0 bridgehead atoms. The van der Waals surface area contributed by atoms with E-state index >= 15 is 0 Å². The lowest BCUT2D eigenvalue weighted by Crippen LogP contribution is -1.97. The molecule has 0 spiro atoms. The number of nitrogens with zero attached hydrogens (tertiary/aromatic N) is 2. The standard InChI is InChI=1S/C18H15BrN2O2/c19-16-7-5-14(6-8-16)15-2-1-3-17(10-15)21-12-13(11-20-21)4-9-18(22)23/h1-3,5-8,10-12H,4,9H2,(H,22,23). The van der Waals surface area contributed by atoms with Crippen molar-refractivity contribution >= 4 is 21.9 Å². The number of aryl methyl sites for hydroxylation is 1. The molecule has 1 heterocycles. The second kappa shape index (κ2) is 6.79. The highest BCUT2D eigenvalue weighted by Gasteiger charge is 2.05. The summed E-state index contributed by atoms with van der Waals surface area (Å²) < 4.78 is 2.83. The lowest BCUT2D eigenvalue weighted by Gasteiger charge is -2.06. The van der Waals surface area contributed by atoms with Crippen LogP contribution in [0.3, 0.4) is 0 Å². The van der Waals surface area contributed by atoms with Crippen molar-refractivity contribution in [1.82, 2.24) is 9.78 Å². The molecular weight excluding hydrogens is 356 g/mol. The van der Waals surface area contributed by atoms with Gasteiger partial charge in [0.1, 0.15) is 0 Å². The van der Waals surface area contributed by atoms with E-state index in [9.17, 15) is 4.79 Å². The summed E-state index contributed by atoms with van der Waals surface area (Å²) in [5.74, 6) is -0.796. The first kappa shape index (κ1) is 15.5. The minimum atomic E-state index is -0.796. The smallest absolute Gasteiger partial charge is 0.303 e. The molecule has 0 aliphatic carbocycles. The molecule has 2 aromatic carbocycles. The van der Waals surface area contributed by atoms with Gasteiger partial charge in [-0.3, -0.25) is 4.79 Å². The average Bonchev–Trinajstić information content (AvgIpc) is 3.03. The maximum atomic E-state index is 10.6. The third kappa shape index (κ3) is 3.87. The van der Waals surface area contributed by atoms with Crippen molar-refractivity contribution < 1.29 is 9.90 Å². The number of hydrogen-bond acceptors (Lipinski definition) is 2. The van der Waals surface area contributed by atoms with Crippen LogP contribution in [0.2, 0.25) is 0 Å². The molecule has 0 fully saturated rings. The number of hydrogen-bond donors (Lipinski definition) is 1. The van der Waals surface area contributed by atoms with E-state index < -0.39 is 5.97 Å². The van der Waals surface area contributed by atoms with Gasteiger partial charge in [0.2, 0.25) is 0 Å². The van der Waals surface area contributed by atoms with Gasteiger partial charge in [-0.2, -0.15) is 5.10 Å². The van der Waals surface area contributed by atoms with Crippen molar-refractivity contribution in [1.29, 1.82) is 0 Å². The second-order valence-electron chi connectivity index (χ2n) is 5.24. The van der Waals surface area contributed by atoms with E-state index in [2.05, 4.69) is 45.3 Å². The third-order valence-electron chi connectivity index (χ3n) is 3.55. The number of carboxylic acids is 1. The molecule has 3 aromatic rings. The first-order valence-corrected chi connectivity index (χ1v) is 8.03. The van der Waals surface area contributed by atoms with Gasteiger partial charge in [0.25, 0.3) is 0 Å². The van der Waals surface area contributed by atoms with Crippen LogP contribution >= 0.6 is 15.9 Å². The average molecular weight is 371 g/mol. The molecule has 1 N–H and O–H groups in total. The van der Waals surface area contributed by atoms with Gasteiger partial charge < -0.3 is 5.11 Å². The summed E-state index contributed by atoms with van der Waals surface area (Å²) in [6, 6.07) is 16.2. The molecular formula is C18H15BrN2O2. The van der Waals surface area contributed by atoms with E-state index in [1.54, 1.807) is 10.9 Å². The third-order valence-corrected chi connectivity index (χ3v) is 4.08. The van der Waals surface area contributed by atoms with E-state index in [4.69, 9.17) is 5.11 Å². The van der Waals surface area contributed by atoms with Crippen LogP contribution in [-0.4, -0.2) is 20.9 Å². The minimum Gasteiger partial charge on any atom is -0.481 e. The molecule has 3 rings (SSSR count). The molecule has 0 aliphatic rings. The SMILES string of the molecule is O=C(O)CCc1cnn(-c2cccc(-c3ccc(Br)cc3)c2)c1. The predicted molar refractivity (Wildman–Crippen MR) is 92.7 cm³/mol. The molecule has 0 saturated heterocycles. The lowest BCUT2D eigenvalue weighted by molar-refractivity contribution is -0.136. The molecule has 0 atom stereocenters. The first-order valence-electron chi connectivity index (χ1n) is 7.23. The fourth-order valence-electron chi connectivity index (χ4n) is 2.35. The van der Waals surface area contributed by atoms with Gasteiger partial charge in [-0.05, 0) is 47.4 Å². The molecule has 0 radical (unpaired) electrons. The maximum Gasteiger partial charge on any atom is 0.303 e. The van der Waals surface area contributed by atoms with E-state index in [0.717, 1.165) is 26.9 Å². The second-order valence-corrected chi connectivity index (χ2v) is 6.16. The molecule has 0 saturated carbocycles. The molecule has 0 amide bonds. The van der Waals surface area contributed by atoms with Crippen LogP contribution in [0.4, 0.5) is 0 Å². The Labute approximate surface area is 142 Å². The lowest BCUT2D eigenvalue weighted by atomic mass is 10.1. The topological polar surface area (TPSA) is 55.1 Å². The summed E-state index contributed by atoms with van der Waals surface area (Å²) in [4.78, 5) is 10.6. The van der Waals surface area contributed by atoms with E-state index in [1.165, 1.54) is 0 Å². The van der Waals surface area contributed by atoms with Crippen LogP contribution in [0.1, 0.15) is 12.0 Å². The Morgan fingerprint density at radius 2 is 1.91 bits per heavy atom. The normalized spacial score (nSPS) is 10.7. The van der Waals surface area contributed by atoms with Crippen molar-refractivity contribution in [2.45, 2.75) is 12.8 Å². The van der Waals surface area contributed by atoms with Crippen LogP contribution in [0, 0.1) is 0 Å². The monoisotopic (exact) mass is 370 g/mol. The number of rotatable bonds is 5. The number of carboxylic acid groups (broad SMARTS) is 1. The molecule has 0 unspecified atom stereocenters. The zero-order chi connectivity index (χ0) is 16.2. The van der Waals surface area contributed by atoms with Crippen LogP contribution in [0.15, 0.2) is 65.4 Å². The van der Waals surface area contributed by atoms with Crippen molar-refractivity contribution in [2.75, 3.05) is 0 Å². The van der Waals surface area contributed by atoms with Crippen LogP contribution < -0.4 is 0 Å². The Hall–Kier alpha value is -2.40. The van der Waals surface area contributed by atoms with Gasteiger partial charge in [0.15, 0.2) is 0 Å². The Morgan fingerprint density at radius 3 is 2.65 bits per heavy atom. The number of aliphatic carboxylic acids is 1. The van der Waals surface area contributed by atoms with Crippen molar-refractivity contribution in [3.05, 3.63) is 71.0 Å². The summed E-state index contributed by atoms with van der Waals surface area (Å²) >= 11 is 3.44. The maximum absolute atomic E-state index is 10.6. The predicted octanol–water partition coefficient (Wildman–Crippen LogP) is 4.32. The summed E-state index contributed by atoms with van der Waals surface area (Å²) in [7, 11) is 0. The van der Waals surface area contributed by atoms with Crippen LogP contribution in [0.25, 0.3) is 16.8 Å². The highest BCUT2D eigenvalue weighted by atomic mass is 79.9. The summed E-state index contributed by atoms with van der Waals surface area (Å²) in [5.41, 5.74) is 4.11. The quantitative estimate of drug-likeness (QED) is 0.727. The van der Waals surface area contributed by atoms with Crippen LogP contribution in [-0.2, 0) is 11.2 Å². The van der Waals surface area contributed by atoms with Gasteiger partial charge in [-0.1, -0.05) is 40.2 Å². The van der Waals surface area contributed by atoms with E-state index in [-0.39, 0.29) is 6.42 Å². The van der Waals surface area contributed by atoms with Crippen LogP contribution in [0.5, 0.6) is 0 Å². The minimum absolute atomic E-state index is 0.116. The Bertz CT molecular complexity index is 825. The highest BCUT2D eigenvalue weighted by Crippen LogP contribution is 2.24. The largest absolute Gasteiger partial charge is 0.481 e. The molecule has 1 aromatic heterocycles.